The average Bonchev–Trinajstić information content (AvgIpc) is 3.02. The van der Waals surface area contributed by atoms with E-state index in [-0.39, 0.29) is 0 Å². The van der Waals surface area contributed by atoms with E-state index in [0.29, 0.717) is 6.54 Å². The van der Waals surface area contributed by atoms with Crippen LogP contribution in [0.5, 0.6) is 0 Å². The number of guanidine groups is 1. The van der Waals surface area contributed by atoms with Gasteiger partial charge in [0, 0.05) is 18.8 Å². The molecule has 0 atom stereocenters. The summed E-state index contributed by atoms with van der Waals surface area (Å²) in [5, 5.41) is 14.7. The molecule has 22 heavy (non-hydrogen) atoms. The van der Waals surface area contributed by atoms with Crippen LogP contribution in [0.15, 0.2) is 41.7 Å². The molecule has 0 bridgehead atoms. The van der Waals surface area contributed by atoms with Crippen molar-refractivity contribution in [1.82, 2.24) is 25.4 Å². The molecule has 6 heteroatoms. The van der Waals surface area contributed by atoms with Crippen molar-refractivity contribution in [3.05, 3.63) is 42.5 Å². The van der Waals surface area contributed by atoms with Crippen molar-refractivity contribution in [1.29, 1.82) is 0 Å². The molecule has 6 nitrogen and oxygen atoms in total. The topological polar surface area (TPSA) is 67.1 Å². The van der Waals surface area contributed by atoms with Crippen molar-refractivity contribution in [3.63, 3.8) is 0 Å². The Bertz CT molecular complexity index is 575. The molecule has 118 valence electrons. The maximum absolute atomic E-state index is 4.58. The van der Waals surface area contributed by atoms with E-state index in [1.54, 1.807) is 6.33 Å². The van der Waals surface area contributed by atoms with Gasteiger partial charge in [-0.1, -0.05) is 31.5 Å². The van der Waals surface area contributed by atoms with Gasteiger partial charge in [-0.3, -0.25) is 4.57 Å². The number of hydrogen-bond donors (Lipinski definition) is 2. The van der Waals surface area contributed by atoms with Crippen molar-refractivity contribution in [2.45, 2.75) is 33.2 Å². The van der Waals surface area contributed by atoms with Crippen molar-refractivity contribution < 1.29 is 0 Å². The molecule has 0 fully saturated rings. The van der Waals surface area contributed by atoms with Gasteiger partial charge in [-0.05, 0) is 25.5 Å². The molecule has 2 aromatic rings. The second-order valence-corrected chi connectivity index (χ2v) is 4.93. The lowest BCUT2D eigenvalue weighted by Gasteiger charge is -2.11. The van der Waals surface area contributed by atoms with E-state index in [2.05, 4.69) is 39.7 Å². The lowest BCUT2D eigenvalue weighted by Crippen LogP contribution is -2.37. The third-order valence-electron chi connectivity index (χ3n) is 3.20. The fraction of sp³-hybridized carbons (Fsp3) is 0.438. The number of aliphatic imine (C=N–C) groups is 1. The minimum absolute atomic E-state index is 0.482. The van der Waals surface area contributed by atoms with E-state index < -0.39 is 0 Å². The van der Waals surface area contributed by atoms with E-state index in [1.165, 1.54) is 0 Å². The van der Waals surface area contributed by atoms with Crippen LogP contribution in [-0.2, 0) is 6.54 Å². The van der Waals surface area contributed by atoms with Crippen LogP contribution in [-0.4, -0.2) is 33.8 Å². The van der Waals surface area contributed by atoms with Crippen molar-refractivity contribution in [2.75, 3.05) is 13.1 Å². The van der Waals surface area contributed by atoms with Crippen LogP contribution in [0.3, 0.4) is 0 Å². The van der Waals surface area contributed by atoms with Gasteiger partial charge < -0.3 is 10.6 Å². The summed E-state index contributed by atoms with van der Waals surface area (Å²) in [5.74, 6) is 1.64. The molecule has 0 aliphatic carbocycles. The van der Waals surface area contributed by atoms with Crippen LogP contribution in [0.2, 0.25) is 0 Å². The van der Waals surface area contributed by atoms with Gasteiger partial charge >= 0.3 is 0 Å². The number of nitrogens with zero attached hydrogens (tertiary/aromatic N) is 4. The van der Waals surface area contributed by atoms with Gasteiger partial charge in [-0.2, -0.15) is 0 Å². The predicted octanol–water partition coefficient (Wildman–Crippen LogP) is 2.12. The first-order chi connectivity index (χ1) is 10.8. The summed E-state index contributed by atoms with van der Waals surface area (Å²) in [5.41, 5.74) is 1.04. The van der Waals surface area contributed by atoms with Crippen LogP contribution in [0.4, 0.5) is 0 Å². The van der Waals surface area contributed by atoms with E-state index in [0.717, 1.165) is 43.4 Å². The summed E-state index contributed by atoms with van der Waals surface area (Å²) in [6, 6.07) is 10.0. The van der Waals surface area contributed by atoms with Gasteiger partial charge in [-0.15, -0.1) is 10.2 Å². The number of unbranched alkanes of at least 4 members (excludes halogenated alkanes) is 1. The summed E-state index contributed by atoms with van der Waals surface area (Å²) in [4.78, 5) is 4.58. The lowest BCUT2D eigenvalue weighted by atomic mass is 10.3. The normalized spacial score (nSPS) is 11.5. The fourth-order valence-electron chi connectivity index (χ4n) is 2.05. The molecule has 0 amide bonds. The Kier molecular flexibility index (Phi) is 6.41. The highest BCUT2D eigenvalue weighted by Gasteiger charge is 2.06. The fourth-order valence-corrected chi connectivity index (χ4v) is 2.05. The first kappa shape index (κ1) is 16.0. The zero-order valence-electron chi connectivity index (χ0n) is 13.3. The van der Waals surface area contributed by atoms with E-state index in [9.17, 15) is 0 Å². The Labute approximate surface area is 131 Å². The Morgan fingerprint density at radius 3 is 2.73 bits per heavy atom. The SMILES string of the molecule is CCCCNC(=NCc1nncn1-c1ccccc1)NCC. The molecule has 0 saturated carbocycles. The first-order valence-electron chi connectivity index (χ1n) is 7.81. The number of hydrogen-bond acceptors (Lipinski definition) is 3. The molecular weight excluding hydrogens is 276 g/mol. The van der Waals surface area contributed by atoms with Gasteiger partial charge in [0.25, 0.3) is 0 Å². The van der Waals surface area contributed by atoms with Gasteiger partial charge in [0.05, 0.1) is 0 Å². The van der Waals surface area contributed by atoms with Gasteiger partial charge in [0.15, 0.2) is 11.8 Å². The Balaban J connectivity index is 2.06. The summed E-state index contributed by atoms with van der Waals surface area (Å²) >= 11 is 0. The first-order valence-corrected chi connectivity index (χ1v) is 7.81. The maximum Gasteiger partial charge on any atom is 0.191 e. The van der Waals surface area contributed by atoms with Crippen molar-refractivity contribution in [2.24, 2.45) is 4.99 Å². The molecule has 0 spiro atoms. The molecule has 1 aromatic heterocycles. The second-order valence-electron chi connectivity index (χ2n) is 4.93. The van der Waals surface area contributed by atoms with Gasteiger partial charge in [0.2, 0.25) is 0 Å². The molecule has 2 rings (SSSR count). The standard InChI is InChI=1S/C16H24N6/c1-3-5-11-18-16(17-4-2)19-12-15-21-20-13-22(15)14-9-7-6-8-10-14/h6-10,13H,3-5,11-12H2,1-2H3,(H2,17,18,19). The third kappa shape index (κ3) is 4.58. The summed E-state index contributed by atoms with van der Waals surface area (Å²) in [6.45, 7) is 6.48. The smallest absolute Gasteiger partial charge is 0.191 e. The van der Waals surface area contributed by atoms with E-state index in [1.807, 2.05) is 34.9 Å². The molecule has 0 aliphatic heterocycles. The molecule has 0 radical (unpaired) electrons. The summed E-state index contributed by atoms with van der Waals surface area (Å²) < 4.78 is 1.96. The molecule has 2 N–H and O–H groups in total. The molecule has 0 saturated heterocycles. The van der Waals surface area contributed by atoms with Crippen LogP contribution < -0.4 is 10.6 Å². The number of benzene rings is 1. The summed E-state index contributed by atoms with van der Waals surface area (Å²) in [7, 11) is 0. The lowest BCUT2D eigenvalue weighted by molar-refractivity contribution is 0.726. The summed E-state index contributed by atoms with van der Waals surface area (Å²) in [6.07, 6.45) is 4.01. The van der Waals surface area contributed by atoms with Gasteiger partial charge in [0.1, 0.15) is 12.9 Å². The van der Waals surface area contributed by atoms with Crippen LogP contribution >= 0.6 is 0 Å². The minimum Gasteiger partial charge on any atom is -0.357 e. The Morgan fingerprint density at radius 1 is 1.18 bits per heavy atom. The molecule has 1 heterocycles. The maximum atomic E-state index is 4.58. The minimum atomic E-state index is 0.482. The number of rotatable bonds is 7. The quantitative estimate of drug-likeness (QED) is 0.467. The van der Waals surface area contributed by atoms with E-state index >= 15 is 0 Å². The highest BCUT2D eigenvalue weighted by molar-refractivity contribution is 5.79. The van der Waals surface area contributed by atoms with Crippen LogP contribution in [0.25, 0.3) is 5.69 Å². The molecule has 0 aliphatic rings. The highest BCUT2D eigenvalue weighted by atomic mass is 15.3. The van der Waals surface area contributed by atoms with Crippen molar-refractivity contribution >= 4 is 5.96 Å². The highest BCUT2D eigenvalue weighted by Crippen LogP contribution is 2.09. The zero-order valence-corrected chi connectivity index (χ0v) is 13.3. The number of nitrogens with one attached hydrogen (secondary N) is 2. The van der Waals surface area contributed by atoms with E-state index in [4.69, 9.17) is 0 Å². The van der Waals surface area contributed by atoms with Crippen LogP contribution in [0, 0.1) is 0 Å². The molecule has 0 unspecified atom stereocenters. The molecular formula is C16H24N6. The number of para-hydroxylation sites is 1. The zero-order chi connectivity index (χ0) is 15.6. The monoisotopic (exact) mass is 300 g/mol. The largest absolute Gasteiger partial charge is 0.357 e. The second kappa shape index (κ2) is 8.81. The Morgan fingerprint density at radius 2 is 2.00 bits per heavy atom. The van der Waals surface area contributed by atoms with Crippen LogP contribution in [0.1, 0.15) is 32.5 Å². The molecule has 1 aromatic carbocycles. The predicted molar refractivity (Wildman–Crippen MR) is 89.1 cm³/mol. The Hall–Kier alpha value is -2.37. The third-order valence-corrected chi connectivity index (χ3v) is 3.20. The van der Waals surface area contributed by atoms with Gasteiger partial charge in [-0.25, -0.2) is 4.99 Å². The number of aromatic nitrogens is 3. The average molecular weight is 300 g/mol. The van der Waals surface area contributed by atoms with Crippen molar-refractivity contribution in [3.8, 4) is 5.69 Å².